The number of phenolic OH excluding ortho intramolecular Hbond substituents is 1. The van der Waals surface area contributed by atoms with Gasteiger partial charge in [0.2, 0.25) is 5.82 Å². The summed E-state index contributed by atoms with van der Waals surface area (Å²) in [5.41, 5.74) is 6.34. The summed E-state index contributed by atoms with van der Waals surface area (Å²) in [5.74, 6) is 0.217. The zero-order chi connectivity index (χ0) is 19.0. The van der Waals surface area contributed by atoms with E-state index in [9.17, 15) is 9.90 Å². The molecule has 0 saturated heterocycles. The van der Waals surface area contributed by atoms with Crippen molar-refractivity contribution in [3.63, 3.8) is 0 Å². The van der Waals surface area contributed by atoms with E-state index in [1.165, 1.54) is 6.21 Å². The molecule has 134 valence electrons. The summed E-state index contributed by atoms with van der Waals surface area (Å²) in [5, 5.41) is 16.1. The molecule has 0 bridgehead atoms. The molecule has 0 fully saturated rings. The summed E-state index contributed by atoms with van der Waals surface area (Å²) in [4.78, 5) is 19.5. The summed E-state index contributed by atoms with van der Waals surface area (Å²) >= 11 is 0. The standard InChI is InChI=1S/C21H18N4O2/c1-12-9-13(2)19-17(10-12)23-20(21(27)24-19)25-22-11-16-15-6-4-3-5-14(15)7-8-18(16)26/h3-11,26H,1-2H3,(H,23,25)(H,24,27)/b22-11+. The number of fused-ring (bicyclic) bond motifs is 2. The molecule has 0 aliphatic heterocycles. The van der Waals surface area contributed by atoms with Gasteiger partial charge < -0.3 is 10.1 Å². The Balaban J connectivity index is 1.71. The predicted molar refractivity (Wildman–Crippen MR) is 109 cm³/mol. The molecule has 4 rings (SSSR count). The number of aromatic amines is 1. The monoisotopic (exact) mass is 358 g/mol. The molecular formula is C21H18N4O2. The maximum Gasteiger partial charge on any atom is 0.293 e. The van der Waals surface area contributed by atoms with Crippen LogP contribution in [0, 0.1) is 13.8 Å². The highest BCUT2D eigenvalue weighted by Gasteiger charge is 2.07. The topological polar surface area (TPSA) is 90.4 Å². The zero-order valence-electron chi connectivity index (χ0n) is 14.9. The Hall–Kier alpha value is -3.67. The lowest BCUT2D eigenvalue weighted by Crippen LogP contribution is -2.14. The molecule has 6 nitrogen and oxygen atoms in total. The summed E-state index contributed by atoms with van der Waals surface area (Å²) in [6.45, 7) is 3.91. The first-order valence-electron chi connectivity index (χ1n) is 8.54. The second-order valence-electron chi connectivity index (χ2n) is 6.48. The van der Waals surface area contributed by atoms with Crippen molar-refractivity contribution in [2.24, 2.45) is 5.10 Å². The van der Waals surface area contributed by atoms with E-state index in [2.05, 4.69) is 20.5 Å². The van der Waals surface area contributed by atoms with Crippen LogP contribution in [0.3, 0.4) is 0 Å². The number of H-pyrrole nitrogens is 1. The molecule has 27 heavy (non-hydrogen) atoms. The SMILES string of the molecule is Cc1cc(C)c2[nH]c(=O)c(N/N=C/c3c(O)ccc4ccccc34)nc2c1. The molecule has 4 aromatic rings. The van der Waals surface area contributed by atoms with Gasteiger partial charge in [-0.2, -0.15) is 5.10 Å². The number of nitrogens with zero attached hydrogens (tertiary/aromatic N) is 2. The van der Waals surface area contributed by atoms with Gasteiger partial charge in [-0.15, -0.1) is 0 Å². The minimum absolute atomic E-state index is 0.100. The minimum Gasteiger partial charge on any atom is -0.507 e. The van der Waals surface area contributed by atoms with E-state index in [0.717, 1.165) is 21.9 Å². The first-order valence-corrected chi connectivity index (χ1v) is 8.54. The number of rotatable bonds is 3. The van der Waals surface area contributed by atoms with E-state index in [4.69, 9.17) is 0 Å². The van der Waals surface area contributed by atoms with Crippen LogP contribution in [0.25, 0.3) is 21.8 Å². The lowest BCUT2D eigenvalue weighted by atomic mass is 10.0. The first kappa shape index (κ1) is 16.8. The number of aromatic nitrogens is 2. The average Bonchev–Trinajstić information content (AvgIpc) is 2.64. The maximum atomic E-state index is 12.3. The predicted octanol–water partition coefficient (Wildman–Crippen LogP) is 3.84. The highest BCUT2D eigenvalue weighted by molar-refractivity contribution is 6.02. The van der Waals surface area contributed by atoms with Crippen molar-refractivity contribution in [3.8, 4) is 5.75 Å². The number of hydrazone groups is 1. The highest BCUT2D eigenvalue weighted by Crippen LogP contribution is 2.25. The van der Waals surface area contributed by atoms with Crippen LogP contribution >= 0.6 is 0 Å². The number of hydrogen-bond donors (Lipinski definition) is 3. The van der Waals surface area contributed by atoms with E-state index in [1.54, 1.807) is 6.07 Å². The van der Waals surface area contributed by atoms with Gasteiger partial charge in [-0.1, -0.05) is 36.4 Å². The first-order chi connectivity index (χ1) is 13.0. The number of anilines is 1. The van der Waals surface area contributed by atoms with Crippen LogP contribution in [0.1, 0.15) is 16.7 Å². The quantitative estimate of drug-likeness (QED) is 0.383. The van der Waals surface area contributed by atoms with Crippen LogP contribution in [0.15, 0.2) is 58.4 Å². The second-order valence-corrected chi connectivity index (χ2v) is 6.48. The number of aryl methyl sites for hydroxylation is 2. The number of aromatic hydroxyl groups is 1. The fourth-order valence-corrected chi connectivity index (χ4v) is 3.19. The lowest BCUT2D eigenvalue weighted by molar-refractivity contribution is 0.475. The molecule has 0 aliphatic carbocycles. The van der Waals surface area contributed by atoms with Crippen LogP contribution in [-0.2, 0) is 0 Å². The fourth-order valence-electron chi connectivity index (χ4n) is 3.19. The van der Waals surface area contributed by atoms with Gasteiger partial charge >= 0.3 is 0 Å². The van der Waals surface area contributed by atoms with Gasteiger partial charge in [-0.3, -0.25) is 10.2 Å². The molecule has 0 aliphatic rings. The van der Waals surface area contributed by atoms with Crippen LogP contribution in [-0.4, -0.2) is 21.3 Å². The Morgan fingerprint density at radius 3 is 2.81 bits per heavy atom. The van der Waals surface area contributed by atoms with E-state index < -0.39 is 0 Å². The Labute approximate surface area is 155 Å². The molecule has 6 heteroatoms. The molecule has 3 aromatic carbocycles. The van der Waals surface area contributed by atoms with Gasteiger partial charge in [-0.05, 0) is 47.9 Å². The number of hydrogen-bond acceptors (Lipinski definition) is 5. The molecule has 1 aromatic heterocycles. The molecule has 0 atom stereocenters. The van der Waals surface area contributed by atoms with Crippen molar-refractivity contribution in [1.29, 1.82) is 0 Å². The van der Waals surface area contributed by atoms with Gasteiger partial charge in [0.15, 0.2) is 0 Å². The molecule has 0 spiro atoms. The van der Waals surface area contributed by atoms with E-state index in [-0.39, 0.29) is 17.1 Å². The molecule has 3 N–H and O–H groups in total. The van der Waals surface area contributed by atoms with Crippen molar-refractivity contribution in [2.75, 3.05) is 5.43 Å². The van der Waals surface area contributed by atoms with Crippen LogP contribution in [0.5, 0.6) is 5.75 Å². The molecule has 1 heterocycles. The van der Waals surface area contributed by atoms with Crippen LogP contribution < -0.4 is 11.0 Å². The Morgan fingerprint density at radius 1 is 1.15 bits per heavy atom. The van der Waals surface area contributed by atoms with Crippen LogP contribution in [0.4, 0.5) is 5.82 Å². The number of phenols is 1. The van der Waals surface area contributed by atoms with Gasteiger partial charge in [-0.25, -0.2) is 4.98 Å². The summed E-state index contributed by atoms with van der Waals surface area (Å²) < 4.78 is 0. The summed E-state index contributed by atoms with van der Waals surface area (Å²) in [7, 11) is 0. The third-order valence-electron chi connectivity index (χ3n) is 4.46. The van der Waals surface area contributed by atoms with Crippen molar-refractivity contribution in [3.05, 3.63) is 75.6 Å². The van der Waals surface area contributed by atoms with E-state index in [1.807, 2.05) is 56.3 Å². The smallest absolute Gasteiger partial charge is 0.293 e. The number of nitrogens with one attached hydrogen (secondary N) is 2. The minimum atomic E-state index is -0.353. The molecule has 0 radical (unpaired) electrons. The van der Waals surface area contributed by atoms with Gasteiger partial charge in [0.05, 0.1) is 17.2 Å². The normalized spacial score (nSPS) is 11.5. The third kappa shape index (κ3) is 3.13. The van der Waals surface area contributed by atoms with E-state index >= 15 is 0 Å². The maximum absolute atomic E-state index is 12.3. The molecular weight excluding hydrogens is 340 g/mol. The fraction of sp³-hybridized carbons (Fsp3) is 0.0952. The Kier molecular flexibility index (Phi) is 4.08. The molecule has 0 unspecified atom stereocenters. The Morgan fingerprint density at radius 2 is 1.96 bits per heavy atom. The van der Waals surface area contributed by atoms with Gasteiger partial charge in [0.1, 0.15) is 5.75 Å². The lowest BCUT2D eigenvalue weighted by Gasteiger charge is -2.06. The van der Waals surface area contributed by atoms with E-state index in [0.29, 0.717) is 16.6 Å². The summed E-state index contributed by atoms with van der Waals surface area (Å²) in [6.07, 6.45) is 1.49. The molecule has 0 amide bonds. The average molecular weight is 358 g/mol. The zero-order valence-corrected chi connectivity index (χ0v) is 14.9. The van der Waals surface area contributed by atoms with Gasteiger partial charge in [0.25, 0.3) is 5.56 Å². The summed E-state index contributed by atoms with van der Waals surface area (Å²) in [6, 6.07) is 15.1. The molecule has 0 saturated carbocycles. The van der Waals surface area contributed by atoms with Crippen molar-refractivity contribution in [1.82, 2.24) is 9.97 Å². The van der Waals surface area contributed by atoms with Crippen LogP contribution in [0.2, 0.25) is 0 Å². The Bertz CT molecular complexity index is 1260. The van der Waals surface area contributed by atoms with Crippen molar-refractivity contribution < 1.29 is 5.11 Å². The van der Waals surface area contributed by atoms with Gasteiger partial charge in [0, 0.05) is 5.56 Å². The highest BCUT2D eigenvalue weighted by atomic mass is 16.3. The largest absolute Gasteiger partial charge is 0.507 e. The van der Waals surface area contributed by atoms with Crippen molar-refractivity contribution >= 4 is 33.8 Å². The third-order valence-corrected chi connectivity index (χ3v) is 4.46. The number of benzene rings is 3. The van der Waals surface area contributed by atoms with Crippen molar-refractivity contribution in [2.45, 2.75) is 13.8 Å². The second kappa shape index (κ2) is 6.57.